The van der Waals surface area contributed by atoms with Gasteiger partial charge in [0.25, 0.3) is 0 Å². The Kier molecular flexibility index (Phi) is 4.07. The number of hydrogen-bond donors (Lipinski definition) is 2. The van der Waals surface area contributed by atoms with Crippen molar-refractivity contribution < 1.29 is 4.74 Å². The molecule has 2 aromatic rings. The van der Waals surface area contributed by atoms with Crippen molar-refractivity contribution >= 4 is 12.6 Å². The highest BCUT2D eigenvalue weighted by Crippen LogP contribution is 2.24. The molecule has 0 fully saturated rings. The van der Waals surface area contributed by atoms with E-state index in [1.807, 2.05) is 61.6 Å². The van der Waals surface area contributed by atoms with E-state index in [4.69, 9.17) is 4.74 Å². The molecule has 0 aromatic heterocycles. The van der Waals surface area contributed by atoms with E-state index in [0.29, 0.717) is 0 Å². The normalized spacial score (nSPS) is 12.1. The summed E-state index contributed by atoms with van der Waals surface area (Å²) < 4.78 is 5.70. The first-order valence-corrected chi connectivity index (χ1v) is 5.99. The molecule has 0 radical (unpaired) electrons. The molecule has 2 nitrogen and oxygen atoms in total. The number of benzene rings is 2. The fourth-order valence-electron chi connectivity index (χ4n) is 1.51. The smallest absolute Gasteiger partial charge is 0.127 e. The van der Waals surface area contributed by atoms with Crippen LogP contribution >= 0.6 is 12.6 Å². The second-order valence-electron chi connectivity index (χ2n) is 3.68. The first kappa shape index (κ1) is 12.0. The fraction of sp³-hybridized carbons (Fsp3) is 0.143. The Bertz CT molecular complexity index is 455. The van der Waals surface area contributed by atoms with Gasteiger partial charge in [0.15, 0.2) is 0 Å². The van der Waals surface area contributed by atoms with E-state index in [-0.39, 0.29) is 5.37 Å². The van der Waals surface area contributed by atoms with E-state index in [1.165, 1.54) is 0 Å². The Hall–Kier alpha value is -1.45. The predicted molar refractivity (Wildman–Crippen MR) is 73.7 cm³/mol. The first-order valence-electron chi connectivity index (χ1n) is 5.48. The van der Waals surface area contributed by atoms with Crippen LogP contribution in [0.25, 0.3) is 0 Å². The average molecular weight is 245 g/mol. The summed E-state index contributed by atoms with van der Waals surface area (Å²) in [5.41, 5.74) is 1.12. The van der Waals surface area contributed by atoms with Gasteiger partial charge < -0.3 is 10.1 Å². The van der Waals surface area contributed by atoms with Crippen molar-refractivity contribution in [2.75, 3.05) is 7.05 Å². The molecule has 1 unspecified atom stereocenters. The molecule has 0 heterocycles. The van der Waals surface area contributed by atoms with Crippen LogP contribution in [0.15, 0.2) is 54.6 Å². The molecule has 0 spiro atoms. The van der Waals surface area contributed by atoms with E-state index in [2.05, 4.69) is 17.9 Å². The minimum absolute atomic E-state index is 0.0563. The molecule has 88 valence electrons. The monoisotopic (exact) mass is 245 g/mol. The van der Waals surface area contributed by atoms with Crippen LogP contribution in [0.5, 0.6) is 11.5 Å². The molecule has 0 amide bonds. The van der Waals surface area contributed by atoms with E-state index in [0.717, 1.165) is 17.1 Å². The van der Waals surface area contributed by atoms with Gasteiger partial charge in [-0.05, 0) is 36.9 Å². The van der Waals surface area contributed by atoms with Crippen molar-refractivity contribution in [1.29, 1.82) is 0 Å². The largest absolute Gasteiger partial charge is 0.457 e. The van der Waals surface area contributed by atoms with E-state index in [1.54, 1.807) is 0 Å². The van der Waals surface area contributed by atoms with Crippen LogP contribution in [0.3, 0.4) is 0 Å². The van der Waals surface area contributed by atoms with Gasteiger partial charge in [-0.1, -0.05) is 30.3 Å². The molecule has 0 aliphatic heterocycles. The quantitative estimate of drug-likeness (QED) is 0.634. The molecule has 2 rings (SSSR count). The van der Waals surface area contributed by atoms with Gasteiger partial charge in [0.2, 0.25) is 0 Å². The molecule has 0 saturated carbocycles. The van der Waals surface area contributed by atoms with Gasteiger partial charge in [0.05, 0.1) is 5.37 Å². The summed E-state index contributed by atoms with van der Waals surface area (Å²) in [6.07, 6.45) is 0. The molecule has 17 heavy (non-hydrogen) atoms. The SMILES string of the molecule is CNC(S)c1ccc(Oc2ccccc2)cc1. The van der Waals surface area contributed by atoms with Gasteiger partial charge in [-0.3, -0.25) is 0 Å². The van der Waals surface area contributed by atoms with Gasteiger partial charge in [-0.2, -0.15) is 12.6 Å². The van der Waals surface area contributed by atoms with Gasteiger partial charge in [-0.15, -0.1) is 0 Å². The lowest BCUT2D eigenvalue weighted by atomic mass is 10.2. The van der Waals surface area contributed by atoms with Gasteiger partial charge in [0.1, 0.15) is 11.5 Å². The zero-order valence-electron chi connectivity index (χ0n) is 9.63. The zero-order valence-corrected chi connectivity index (χ0v) is 10.5. The van der Waals surface area contributed by atoms with Crippen LogP contribution in [-0.2, 0) is 0 Å². The maximum atomic E-state index is 5.70. The van der Waals surface area contributed by atoms with Crippen LogP contribution in [0.4, 0.5) is 0 Å². The number of rotatable bonds is 4. The second-order valence-corrected chi connectivity index (χ2v) is 4.19. The number of hydrogen-bond acceptors (Lipinski definition) is 3. The van der Waals surface area contributed by atoms with Crippen LogP contribution in [0.2, 0.25) is 0 Å². The molecular formula is C14H15NOS. The summed E-state index contributed by atoms with van der Waals surface area (Å²) in [4.78, 5) is 0. The van der Waals surface area contributed by atoms with Gasteiger partial charge in [0, 0.05) is 0 Å². The van der Waals surface area contributed by atoms with Crippen molar-refractivity contribution in [3.63, 3.8) is 0 Å². The van der Waals surface area contributed by atoms with Crippen LogP contribution in [0, 0.1) is 0 Å². The summed E-state index contributed by atoms with van der Waals surface area (Å²) in [6.45, 7) is 0. The Labute approximate surface area is 107 Å². The van der Waals surface area contributed by atoms with Gasteiger partial charge in [-0.25, -0.2) is 0 Å². The third kappa shape index (κ3) is 3.25. The lowest BCUT2D eigenvalue weighted by Crippen LogP contribution is -2.09. The number of ether oxygens (including phenoxy) is 1. The highest BCUT2D eigenvalue weighted by Gasteiger charge is 2.03. The summed E-state index contributed by atoms with van der Waals surface area (Å²) in [5.74, 6) is 1.67. The predicted octanol–water partition coefficient (Wildman–Crippen LogP) is 3.63. The third-order valence-corrected chi connectivity index (χ3v) is 3.00. The van der Waals surface area contributed by atoms with Crippen molar-refractivity contribution in [3.8, 4) is 11.5 Å². The minimum Gasteiger partial charge on any atom is -0.457 e. The molecule has 0 aliphatic rings. The maximum absolute atomic E-state index is 5.70. The average Bonchev–Trinajstić information content (AvgIpc) is 2.40. The summed E-state index contributed by atoms with van der Waals surface area (Å²) in [5, 5.41) is 3.13. The topological polar surface area (TPSA) is 21.3 Å². The highest BCUT2D eigenvalue weighted by molar-refractivity contribution is 7.80. The Morgan fingerprint density at radius 1 is 0.941 bits per heavy atom. The lowest BCUT2D eigenvalue weighted by molar-refractivity contribution is 0.482. The van der Waals surface area contributed by atoms with E-state index < -0.39 is 0 Å². The molecule has 0 saturated heterocycles. The highest BCUT2D eigenvalue weighted by atomic mass is 32.1. The Morgan fingerprint density at radius 2 is 1.53 bits per heavy atom. The number of para-hydroxylation sites is 1. The maximum Gasteiger partial charge on any atom is 0.127 e. The molecule has 1 N–H and O–H groups in total. The minimum atomic E-state index is 0.0563. The summed E-state index contributed by atoms with van der Waals surface area (Å²) in [6, 6.07) is 17.6. The fourth-order valence-corrected chi connectivity index (χ4v) is 1.68. The summed E-state index contributed by atoms with van der Waals surface area (Å²) >= 11 is 4.40. The second kappa shape index (κ2) is 5.75. The van der Waals surface area contributed by atoms with Gasteiger partial charge >= 0.3 is 0 Å². The van der Waals surface area contributed by atoms with Crippen molar-refractivity contribution in [2.45, 2.75) is 5.37 Å². The molecular weight excluding hydrogens is 230 g/mol. The lowest BCUT2D eigenvalue weighted by Gasteiger charge is -2.10. The van der Waals surface area contributed by atoms with Crippen molar-refractivity contribution in [2.24, 2.45) is 0 Å². The third-order valence-electron chi connectivity index (χ3n) is 2.45. The number of nitrogens with one attached hydrogen (secondary N) is 1. The molecule has 1 atom stereocenters. The van der Waals surface area contributed by atoms with Crippen LogP contribution in [0.1, 0.15) is 10.9 Å². The molecule has 3 heteroatoms. The molecule has 0 aliphatic carbocycles. The van der Waals surface area contributed by atoms with Crippen molar-refractivity contribution in [1.82, 2.24) is 5.32 Å². The standard InChI is InChI=1S/C14H15NOS/c1-15-14(17)11-7-9-13(10-8-11)16-12-5-3-2-4-6-12/h2-10,14-15,17H,1H3. The molecule has 2 aromatic carbocycles. The zero-order chi connectivity index (χ0) is 12.1. The van der Waals surface area contributed by atoms with E-state index in [9.17, 15) is 0 Å². The van der Waals surface area contributed by atoms with E-state index >= 15 is 0 Å². The Balaban J connectivity index is 2.08. The summed E-state index contributed by atoms with van der Waals surface area (Å²) in [7, 11) is 1.88. The number of thiol groups is 1. The van der Waals surface area contributed by atoms with Crippen LogP contribution in [-0.4, -0.2) is 7.05 Å². The molecule has 0 bridgehead atoms. The van der Waals surface area contributed by atoms with Crippen molar-refractivity contribution in [3.05, 3.63) is 60.2 Å². The first-order chi connectivity index (χ1) is 8.29. The van der Waals surface area contributed by atoms with Crippen LogP contribution < -0.4 is 10.1 Å². The Morgan fingerprint density at radius 3 is 2.12 bits per heavy atom.